The van der Waals surface area contributed by atoms with Crippen molar-refractivity contribution in [2.24, 2.45) is 23.7 Å². The lowest BCUT2D eigenvalue weighted by Gasteiger charge is -2.39. The van der Waals surface area contributed by atoms with Gasteiger partial charge in [0, 0.05) is 5.92 Å². The molecule has 0 nitrogen and oxygen atoms in total. The van der Waals surface area contributed by atoms with Crippen molar-refractivity contribution < 1.29 is 17.6 Å². The van der Waals surface area contributed by atoms with Crippen molar-refractivity contribution in [2.45, 2.75) is 83.5 Å². The van der Waals surface area contributed by atoms with Crippen molar-refractivity contribution in [3.05, 3.63) is 34.4 Å². The third-order valence-corrected chi connectivity index (χ3v) is 7.69. The molecular weight excluding hydrogens is 352 g/mol. The summed E-state index contributed by atoms with van der Waals surface area (Å²) in [5, 5.41) is 0. The van der Waals surface area contributed by atoms with Crippen LogP contribution in [0.3, 0.4) is 0 Å². The molecule has 2 fully saturated rings. The maximum atomic E-state index is 15.1. The predicted octanol–water partition coefficient (Wildman–Crippen LogP) is 7.18. The van der Waals surface area contributed by atoms with Gasteiger partial charge >= 0.3 is 0 Å². The third-order valence-electron chi connectivity index (χ3n) is 7.69. The monoisotopic (exact) mass is 382 g/mol. The average Bonchev–Trinajstić information content (AvgIpc) is 2.96. The van der Waals surface area contributed by atoms with E-state index in [4.69, 9.17) is 0 Å². The van der Waals surface area contributed by atoms with Crippen LogP contribution in [-0.2, 0) is 18.8 Å². The second kappa shape index (κ2) is 7.40. The zero-order valence-electron chi connectivity index (χ0n) is 16.2. The first-order valence-corrected chi connectivity index (χ1v) is 10.8. The number of alkyl halides is 2. The van der Waals surface area contributed by atoms with E-state index in [1.54, 1.807) is 6.92 Å². The molecule has 0 saturated heterocycles. The molecule has 4 heteroatoms. The number of hydrogen-bond donors (Lipinski definition) is 0. The molecule has 0 aliphatic heterocycles. The summed E-state index contributed by atoms with van der Waals surface area (Å²) < 4.78 is 58.8. The first kappa shape index (κ1) is 19.3. The van der Waals surface area contributed by atoms with Crippen LogP contribution in [0.2, 0.25) is 0 Å². The molecule has 3 aliphatic rings. The Hall–Kier alpha value is -1.06. The molecule has 1 unspecified atom stereocenters. The lowest BCUT2D eigenvalue weighted by Crippen LogP contribution is -2.33. The van der Waals surface area contributed by atoms with Crippen LogP contribution in [0.25, 0.3) is 0 Å². The van der Waals surface area contributed by atoms with Crippen LogP contribution < -0.4 is 0 Å². The molecule has 0 spiro atoms. The smallest absolute Gasteiger partial charge is 0.203 e. The van der Waals surface area contributed by atoms with Crippen LogP contribution in [0, 0.1) is 35.3 Å². The average molecular weight is 382 g/mol. The topological polar surface area (TPSA) is 0 Å². The molecule has 0 heterocycles. The third kappa shape index (κ3) is 3.31. The Morgan fingerprint density at radius 1 is 0.852 bits per heavy atom. The molecule has 0 amide bonds. The standard InChI is InChI=1S/C23H30F4/c1-2-14-12-18-13-19(23(26,27)20(18)22(25)21(14)24)17-10-8-16(9-11-17)15-6-4-3-5-7-15/h12,15-17,19H,2-11,13H2,1H3. The molecule has 0 bridgehead atoms. The van der Waals surface area contributed by atoms with Gasteiger partial charge in [-0.25, -0.2) is 17.6 Å². The van der Waals surface area contributed by atoms with E-state index in [9.17, 15) is 8.78 Å². The van der Waals surface area contributed by atoms with Gasteiger partial charge < -0.3 is 0 Å². The normalized spacial score (nSPS) is 31.1. The Balaban J connectivity index is 1.50. The molecule has 4 rings (SSSR count). The fourth-order valence-electron chi connectivity index (χ4n) is 6.15. The minimum atomic E-state index is -3.26. The van der Waals surface area contributed by atoms with E-state index >= 15 is 8.78 Å². The van der Waals surface area contributed by atoms with E-state index in [2.05, 4.69) is 0 Å². The van der Waals surface area contributed by atoms with Gasteiger partial charge in [-0.05, 0) is 67.4 Å². The highest BCUT2D eigenvalue weighted by Crippen LogP contribution is 2.54. The Morgan fingerprint density at radius 3 is 2.07 bits per heavy atom. The van der Waals surface area contributed by atoms with Crippen molar-refractivity contribution in [1.29, 1.82) is 0 Å². The summed E-state index contributed by atoms with van der Waals surface area (Å²) in [6.45, 7) is 1.72. The number of fused-ring (bicyclic) bond motifs is 1. The number of aryl methyl sites for hydroxylation is 1. The van der Waals surface area contributed by atoms with Crippen molar-refractivity contribution >= 4 is 0 Å². The maximum absolute atomic E-state index is 15.1. The molecule has 27 heavy (non-hydrogen) atoms. The van der Waals surface area contributed by atoms with Gasteiger partial charge in [0.15, 0.2) is 11.6 Å². The zero-order valence-corrected chi connectivity index (χ0v) is 16.2. The minimum absolute atomic E-state index is 0.0835. The SMILES string of the molecule is CCc1cc2c(c(F)c1F)C(F)(F)C(C1CCC(C3CCCCC3)CC1)C2. The molecule has 0 aromatic heterocycles. The second-order valence-corrected chi connectivity index (χ2v) is 9.06. The number of halogens is 4. The molecule has 0 N–H and O–H groups in total. The maximum Gasteiger partial charge on any atom is 0.279 e. The van der Waals surface area contributed by atoms with Gasteiger partial charge in [-0.3, -0.25) is 0 Å². The van der Waals surface area contributed by atoms with E-state index in [1.165, 1.54) is 38.2 Å². The summed E-state index contributed by atoms with van der Waals surface area (Å²) in [6, 6.07) is 1.48. The van der Waals surface area contributed by atoms with Gasteiger partial charge in [0.05, 0.1) is 5.56 Å². The molecule has 1 aromatic carbocycles. The van der Waals surface area contributed by atoms with Crippen LogP contribution in [0.15, 0.2) is 6.07 Å². The summed E-state index contributed by atoms with van der Waals surface area (Å²) in [5.74, 6) is -5.15. The summed E-state index contributed by atoms with van der Waals surface area (Å²) in [6.07, 6.45) is 10.7. The lowest BCUT2D eigenvalue weighted by atomic mass is 9.68. The summed E-state index contributed by atoms with van der Waals surface area (Å²) in [7, 11) is 0. The number of rotatable bonds is 3. The highest BCUT2D eigenvalue weighted by molar-refractivity contribution is 5.42. The van der Waals surface area contributed by atoms with Crippen LogP contribution >= 0.6 is 0 Å². The summed E-state index contributed by atoms with van der Waals surface area (Å²) in [5.41, 5.74) is -0.115. The molecule has 150 valence electrons. The summed E-state index contributed by atoms with van der Waals surface area (Å²) in [4.78, 5) is 0. The van der Waals surface area contributed by atoms with Crippen molar-refractivity contribution in [3.8, 4) is 0 Å². The Labute approximate surface area is 159 Å². The quantitative estimate of drug-likeness (QED) is 0.486. The summed E-state index contributed by atoms with van der Waals surface area (Å²) >= 11 is 0. The Bertz CT molecular complexity index is 682. The number of hydrogen-bond acceptors (Lipinski definition) is 0. The van der Waals surface area contributed by atoms with Crippen LogP contribution in [-0.4, -0.2) is 0 Å². The van der Waals surface area contributed by atoms with Crippen LogP contribution in [0.1, 0.15) is 81.4 Å². The molecule has 0 radical (unpaired) electrons. The van der Waals surface area contributed by atoms with Gasteiger partial charge in [-0.15, -0.1) is 0 Å². The predicted molar refractivity (Wildman–Crippen MR) is 98.8 cm³/mol. The number of benzene rings is 1. The molecule has 1 aromatic rings. The van der Waals surface area contributed by atoms with Gasteiger partial charge in [0.1, 0.15) is 0 Å². The second-order valence-electron chi connectivity index (χ2n) is 9.06. The van der Waals surface area contributed by atoms with Gasteiger partial charge in [-0.1, -0.05) is 45.1 Å². The van der Waals surface area contributed by atoms with E-state index in [1.807, 2.05) is 0 Å². The van der Waals surface area contributed by atoms with Gasteiger partial charge in [0.25, 0.3) is 5.92 Å². The Morgan fingerprint density at radius 2 is 1.44 bits per heavy atom. The van der Waals surface area contributed by atoms with E-state index in [-0.39, 0.29) is 17.9 Å². The molecule has 3 aliphatic carbocycles. The zero-order chi connectivity index (χ0) is 19.2. The van der Waals surface area contributed by atoms with Gasteiger partial charge in [-0.2, -0.15) is 0 Å². The lowest BCUT2D eigenvalue weighted by molar-refractivity contribution is -0.0855. The molecular formula is C23H30F4. The minimum Gasteiger partial charge on any atom is -0.203 e. The largest absolute Gasteiger partial charge is 0.279 e. The van der Waals surface area contributed by atoms with Crippen LogP contribution in [0.4, 0.5) is 17.6 Å². The Kier molecular flexibility index (Phi) is 5.28. The fraction of sp³-hybridized carbons (Fsp3) is 0.739. The fourth-order valence-corrected chi connectivity index (χ4v) is 6.15. The first-order chi connectivity index (χ1) is 12.9. The first-order valence-electron chi connectivity index (χ1n) is 10.8. The van der Waals surface area contributed by atoms with Crippen LogP contribution in [0.5, 0.6) is 0 Å². The van der Waals surface area contributed by atoms with Gasteiger partial charge in [0.2, 0.25) is 0 Å². The van der Waals surface area contributed by atoms with E-state index in [0.29, 0.717) is 17.9 Å². The molecule has 1 atom stereocenters. The highest BCUT2D eigenvalue weighted by atomic mass is 19.3. The van der Waals surface area contributed by atoms with E-state index in [0.717, 1.165) is 31.6 Å². The van der Waals surface area contributed by atoms with Crippen molar-refractivity contribution in [1.82, 2.24) is 0 Å². The van der Waals surface area contributed by atoms with Crippen molar-refractivity contribution in [2.75, 3.05) is 0 Å². The van der Waals surface area contributed by atoms with Crippen molar-refractivity contribution in [3.63, 3.8) is 0 Å². The highest BCUT2D eigenvalue weighted by Gasteiger charge is 2.54. The molecule has 2 saturated carbocycles. The van der Waals surface area contributed by atoms with E-state index < -0.39 is 29.0 Å².